The van der Waals surface area contributed by atoms with E-state index in [9.17, 15) is 4.79 Å². The summed E-state index contributed by atoms with van der Waals surface area (Å²) in [6, 6.07) is 13.3. The fraction of sp³-hybridized carbons (Fsp3) is 0.348. The number of nitrogens with zero attached hydrogens (tertiary/aromatic N) is 1. The zero-order valence-corrected chi connectivity index (χ0v) is 16.8. The Balaban J connectivity index is 1.47. The number of para-hydroxylation sites is 1. The second-order valence-electron chi connectivity index (χ2n) is 7.55. The molecule has 28 heavy (non-hydrogen) atoms. The molecular weight excluding hydrogens is 352 g/mol. The molecule has 1 heterocycles. The number of amides is 1. The molecule has 0 saturated heterocycles. The van der Waals surface area contributed by atoms with Crippen LogP contribution in [0.2, 0.25) is 0 Å². The van der Waals surface area contributed by atoms with Gasteiger partial charge in [0.05, 0.1) is 6.54 Å². The average Bonchev–Trinajstić information content (AvgIpc) is 2.99. The number of hydrogen-bond donors (Lipinski definition) is 1. The first-order chi connectivity index (χ1) is 13.4. The van der Waals surface area contributed by atoms with Gasteiger partial charge >= 0.3 is 0 Å². The van der Waals surface area contributed by atoms with Crippen molar-refractivity contribution in [3.8, 4) is 23.3 Å². The normalized spacial score (nSPS) is 13.6. The highest BCUT2D eigenvalue weighted by Gasteiger charge is 2.32. The van der Waals surface area contributed by atoms with E-state index in [1.54, 1.807) is 12.1 Å². The number of benzene rings is 2. The number of fused-ring (bicyclic) bond motifs is 1. The smallest absolute Gasteiger partial charge is 0.252 e. The summed E-state index contributed by atoms with van der Waals surface area (Å²) in [7, 11) is 3.92. The molecule has 2 aromatic carbocycles. The van der Waals surface area contributed by atoms with Crippen molar-refractivity contribution in [1.82, 2.24) is 5.32 Å². The van der Waals surface area contributed by atoms with Crippen LogP contribution in [-0.2, 0) is 6.42 Å². The molecule has 5 nitrogen and oxygen atoms in total. The van der Waals surface area contributed by atoms with Crippen molar-refractivity contribution in [2.75, 3.05) is 32.1 Å². The number of rotatable bonds is 5. The van der Waals surface area contributed by atoms with Crippen LogP contribution >= 0.6 is 0 Å². The molecule has 0 bridgehead atoms. The second-order valence-corrected chi connectivity index (χ2v) is 7.55. The van der Waals surface area contributed by atoms with Crippen molar-refractivity contribution in [2.24, 2.45) is 0 Å². The molecule has 1 amide bonds. The van der Waals surface area contributed by atoms with Crippen LogP contribution in [0.5, 0.6) is 11.5 Å². The Hall–Kier alpha value is -3.13. The van der Waals surface area contributed by atoms with Crippen LogP contribution < -0.4 is 19.7 Å². The number of nitrogens with one attached hydrogen (secondary N) is 1. The van der Waals surface area contributed by atoms with Crippen molar-refractivity contribution >= 4 is 11.6 Å². The average molecular weight is 378 g/mol. The van der Waals surface area contributed by atoms with Crippen LogP contribution in [0.1, 0.15) is 29.8 Å². The van der Waals surface area contributed by atoms with Gasteiger partial charge in [-0.1, -0.05) is 24.0 Å². The summed E-state index contributed by atoms with van der Waals surface area (Å²) >= 11 is 0. The fourth-order valence-electron chi connectivity index (χ4n) is 3.07. The SMILES string of the molecule is CN(C)c1ccc(C(=O)NCC#CCOc2cccc3c2OC(C)(C)C3)cc1. The molecule has 0 unspecified atom stereocenters. The maximum absolute atomic E-state index is 12.1. The third kappa shape index (κ3) is 4.77. The molecule has 0 fully saturated rings. The van der Waals surface area contributed by atoms with Gasteiger partial charge in [-0.25, -0.2) is 0 Å². The van der Waals surface area contributed by atoms with Gasteiger partial charge in [0.1, 0.15) is 12.2 Å². The van der Waals surface area contributed by atoms with Crippen molar-refractivity contribution < 1.29 is 14.3 Å². The lowest BCUT2D eigenvalue weighted by atomic mass is 10.0. The van der Waals surface area contributed by atoms with Crippen molar-refractivity contribution in [3.05, 3.63) is 53.6 Å². The van der Waals surface area contributed by atoms with Gasteiger partial charge in [-0.15, -0.1) is 0 Å². The van der Waals surface area contributed by atoms with Crippen molar-refractivity contribution in [3.63, 3.8) is 0 Å². The van der Waals surface area contributed by atoms with E-state index in [1.807, 2.05) is 43.3 Å². The Bertz CT molecular complexity index is 906. The molecule has 0 aromatic heterocycles. The Morgan fingerprint density at radius 1 is 1.18 bits per heavy atom. The van der Waals surface area contributed by atoms with Gasteiger partial charge in [-0.3, -0.25) is 4.79 Å². The van der Waals surface area contributed by atoms with Gasteiger partial charge in [-0.2, -0.15) is 0 Å². The van der Waals surface area contributed by atoms with Crippen LogP contribution in [0.15, 0.2) is 42.5 Å². The summed E-state index contributed by atoms with van der Waals surface area (Å²) in [6.07, 6.45) is 0.868. The first-order valence-corrected chi connectivity index (χ1v) is 9.31. The molecule has 3 rings (SSSR count). The highest BCUT2D eigenvalue weighted by atomic mass is 16.5. The molecule has 1 aliphatic rings. The van der Waals surface area contributed by atoms with E-state index in [2.05, 4.69) is 37.1 Å². The molecule has 0 saturated carbocycles. The number of carbonyl (C=O) groups excluding carboxylic acids is 1. The first kappa shape index (κ1) is 19.6. The molecule has 5 heteroatoms. The second kappa shape index (κ2) is 8.26. The van der Waals surface area contributed by atoms with E-state index in [0.717, 1.165) is 23.4 Å². The Morgan fingerprint density at radius 2 is 1.93 bits per heavy atom. The standard InChI is InChI=1S/C23H26N2O3/c1-23(2)16-18-8-7-9-20(21(18)28-23)27-15-6-5-14-24-22(26)17-10-12-19(13-11-17)25(3)4/h7-13H,14-16H2,1-4H3,(H,24,26). The molecule has 146 valence electrons. The largest absolute Gasteiger partial charge is 0.483 e. The first-order valence-electron chi connectivity index (χ1n) is 9.31. The van der Waals surface area contributed by atoms with Crippen molar-refractivity contribution in [1.29, 1.82) is 0 Å². The maximum Gasteiger partial charge on any atom is 0.252 e. The third-order valence-corrected chi connectivity index (χ3v) is 4.46. The topological polar surface area (TPSA) is 50.8 Å². The lowest BCUT2D eigenvalue weighted by molar-refractivity contribution is 0.0958. The van der Waals surface area contributed by atoms with Crippen molar-refractivity contribution in [2.45, 2.75) is 25.9 Å². The number of carbonyl (C=O) groups is 1. The van der Waals surface area contributed by atoms with Crippen LogP contribution in [0, 0.1) is 11.8 Å². The Kier molecular flexibility index (Phi) is 5.79. The van der Waals surface area contributed by atoms with Gasteiger partial charge in [-0.05, 0) is 44.2 Å². The molecule has 1 aliphatic heterocycles. The molecule has 0 aliphatic carbocycles. The minimum absolute atomic E-state index is 0.142. The summed E-state index contributed by atoms with van der Waals surface area (Å²) < 4.78 is 11.7. The maximum atomic E-state index is 12.1. The summed E-state index contributed by atoms with van der Waals surface area (Å²) in [5, 5.41) is 2.79. The third-order valence-electron chi connectivity index (χ3n) is 4.46. The highest BCUT2D eigenvalue weighted by molar-refractivity contribution is 5.94. The van der Waals surface area contributed by atoms with Gasteiger partial charge in [0.15, 0.2) is 11.5 Å². The fourth-order valence-corrected chi connectivity index (χ4v) is 3.07. The quantitative estimate of drug-likeness (QED) is 0.812. The summed E-state index contributed by atoms with van der Waals surface area (Å²) in [5.41, 5.74) is 2.61. The van der Waals surface area contributed by atoms with E-state index in [0.29, 0.717) is 11.3 Å². The lowest BCUT2D eigenvalue weighted by Crippen LogP contribution is -2.24. The van der Waals surface area contributed by atoms with Gasteiger partial charge < -0.3 is 19.7 Å². The minimum Gasteiger partial charge on any atom is -0.483 e. The van der Waals surface area contributed by atoms with E-state index in [1.165, 1.54) is 0 Å². The summed E-state index contributed by atoms with van der Waals surface area (Å²) in [6.45, 7) is 4.64. The lowest BCUT2D eigenvalue weighted by Gasteiger charge is -2.17. The zero-order chi connectivity index (χ0) is 20.1. The van der Waals surface area contributed by atoms with Crippen LogP contribution in [0.4, 0.5) is 5.69 Å². The highest BCUT2D eigenvalue weighted by Crippen LogP contribution is 2.41. The molecule has 1 N–H and O–H groups in total. The molecule has 0 spiro atoms. The number of hydrogen-bond acceptors (Lipinski definition) is 4. The van der Waals surface area contributed by atoms with E-state index in [-0.39, 0.29) is 24.7 Å². The zero-order valence-electron chi connectivity index (χ0n) is 16.8. The van der Waals surface area contributed by atoms with E-state index < -0.39 is 0 Å². The van der Waals surface area contributed by atoms with Gasteiger partial charge in [0.25, 0.3) is 5.91 Å². The number of anilines is 1. The van der Waals surface area contributed by atoms with E-state index in [4.69, 9.17) is 9.47 Å². The monoisotopic (exact) mass is 378 g/mol. The minimum atomic E-state index is -0.206. The van der Waals surface area contributed by atoms with E-state index >= 15 is 0 Å². The van der Waals surface area contributed by atoms with Crippen LogP contribution in [-0.4, -0.2) is 38.8 Å². The predicted molar refractivity (Wildman–Crippen MR) is 111 cm³/mol. The molecule has 0 atom stereocenters. The van der Waals surface area contributed by atoms with Gasteiger partial charge in [0, 0.05) is 37.3 Å². The Labute approximate surface area is 166 Å². The molecular formula is C23H26N2O3. The summed E-state index contributed by atoms with van der Waals surface area (Å²) in [5.74, 6) is 7.22. The van der Waals surface area contributed by atoms with Crippen LogP contribution in [0.25, 0.3) is 0 Å². The Morgan fingerprint density at radius 3 is 2.64 bits per heavy atom. The van der Waals surface area contributed by atoms with Crippen LogP contribution in [0.3, 0.4) is 0 Å². The summed E-state index contributed by atoms with van der Waals surface area (Å²) in [4.78, 5) is 14.1. The van der Waals surface area contributed by atoms with Gasteiger partial charge in [0.2, 0.25) is 0 Å². The molecule has 0 radical (unpaired) electrons. The predicted octanol–water partition coefficient (Wildman–Crippen LogP) is 3.28. The molecule has 2 aromatic rings. The number of ether oxygens (including phenoxy) is 2.